The monoisotopic (exact) mass is 702 g/mol. The summed E-state index contributed by atoms with van der Waals surface area (Å²) >= 11 is 4.99. The van der Waals surface area contributed by atoms with Gasteiger partial charge in [-0.05, 0) is 54.1 Å². The number of methoxy groups -OCH3 is 2. The minimum Gasteiger partial charge on any atom is -0.497 e. The molecule has 1 fully saturated rings. The molecule has 13 nitrogen and oxygen atoms in total. The smallest absolute Gasteiger partial charge is 0.376 e. The maximum absolute atomic E-state index is 15.0. The molecule has 1 aromatic heterocycles. The number of anilines is 2. The molecule has 2 aliphatic heterocycles. The van der Waals surface area contributed by atoms with Gasteiger partial charge in [0.05, 0.1) is 14.2 Å². The molecule has 0 bridgehead atoms. The maximum atomic E-state index is 15.0. The Hall–Kier alpha value is -5.34. The highest BCUT2D eigenvalue weighted by Crippen LogP contribution is 2.48. The largest absolute Gasteiger partial charge is 0.497 e. The predicted octanol–water partition coefficient (Wildman–Crippen LogP) is 3.94. The number of hydrogen-bond acceptors (Lipinski definition) is 12. The van der Waals surface area contributed by atoms with Crippen molar-refractivity contribution in [3.8, 4) is 28.3 Å². The summed E-state index contributed by atoms with van der Waals surface area (Å²) in [5.74, 6) is -0.369. The number of aromatic nitrogens is 2. The van der Waals surface area contributed by atoms with E-state index in [-0.39, 0.29) is 12.2 Å². The summed E-state index contributed by atoms with van der Waals surface area (Å²) in [6.07, 6.45) is -4.52. The van der Waals surface area contributed by atoms with Crippen molar-refractivity contribution in [3.05, 3.63) is 89.2 Å². The van der Waals surface area contributed by atoms with E-state index in [1.165, 1.54) is 25.3 Å². The van der Waals surface area contributed by atoms with Gasteiger partial charge in [0.15, 0.2) is 23.3 Å². The molecule has 260 valence electrons. The van der Waals surface area contributed by atoms with Gasteiger partial charge in [-0.25, -0.2) is 4.90 Å². The van der Waals surface area contributed by atoms with Crippen LogP contribution in [-0.2, 0) is 33.3 Å². The number of benzene rings is 3. The van der Waals surface area contributed by atoms with Crippen LogP contribution in [0, 0.1) is 0 Å². The maximum Gasteiger partial charge on any atom is 0.376 e. The molecular formula is C36H36N3O10S+. The molecule has 14 heteroatoms. The predicted molar refractivity (Wildman–Crippen MR) is 182 cm³/mol. The summed E-state index contributed by atoms with van der Waals surface area (Å²) in [4.78, 5) is 53.7. The first-order chi connectivity index (χ1) is 24.0. The number of nitrogens with zero attached hydrogens (tertiary/aromatic N) is 3. The molecule has 0 aliphatic carbocycles. The van der Waals surface area contributed by atoms with E-state index in [4.69, 9.17) is 41.0 Å². The number of hydrogen-bond donors (Lipinski definition) is 1. The lowest BCUT2D eigenvalue weighted by Crippen LogP contribution is -2.49. The van der Waals surface area contributed by atoms with Crippen molar-refractivity contribution in [3.63, 3.8) is 0 Å². The van der Waals surface area contributed by atoms with Crippen molar-refractivity contribution in [1.29, 1.82) is 0 Å². The van der Waals surface area contributed by atoms with E-state index >= 15 is 0 Å². The van der Waals surface area contributed by atoms with E-state index in [2.05, 4.69) is 0 Å². The molecule has 0 spiro atoms. The molecule has 0 unspecified atom stereocenters. The van der Waals surface area contributed by atoms with Gasteiger partial charge >= 0.3 is 29.4 Å². The van der Waals surface area contributed by atoms with E-state index in [1.807, 2.05) is 47.0 Å². The van der Waals surface area contributed by atoms with Gasteiger partial charge in [-0.15, -0.1) is 12.6 Å². The fraction of sp³-hybridized carbons (Fsp3) is 0.306. The van der Waals surface area contributed by atoms with Crippen LogP contribution in [0.15, 0.2) is 88.7 Å². The molecule has 0 amide bonds. The number of esters is 3. The van der Waals surface area contributed by atoms with E-state index in [0.717, 1.165) is 0 Å². The van der Waals surface area contributed by atoms with Crippen molar-refractivity contribution < 1.29 is 47.4 Å². The van der Waals surface area contributed by atoms with Crippen LogP contribution in [0.5, 0.6) is 11.5 Å². The zero-order chi connectivity index (χ0) is 35.7. The van der Waals surface area contributed by atoms with Crippen molar-refractivity contribution >= 4 is 42.2 Å². The van der Waals surface area contributed by atoms with Crippen LogP contribution in [-0.4, -0.2) is 67.8 Å². The Labute approximate surface area is 293 Å². The molecule has 3 heterocycles. The summed E-state index contributed by atoms with van der Waals surface area (Å²) in [6, 6.07) is 22.5. The fourth-order valence-electron chi connectivity index (χ4n) is 6.46. The van der Waals surface area contributed by atoms with Gasteiger partial charge in [0.25, 0.3) is 0 Å². The van der Waals surface area contributed by atoms with Crippen LogP contribution in [0.4, 0.5) is 11.6 Å². The van der Waals surface area contributed by atoms with E-state index in [9.17, 15) is 19.2 Å². The normalized spacial score (nSPS) is 19.6. The number of ether oxygens (including phenoxy) is 6. The molecule has 0 N–H and O–H groups in total. The second-order valence-corrected chi connectivity index (χ2v) is 12.1. The minimum absolute atomic E-state index is 0.283. The zero-order valence-corrected chi connectivity index (χ0v) is 28.9. The van der Waals surface area contributed by atoms with Crippen LogP contribution < -0.4 is 24.5 Å². The van der Waals surface area contributed by atoms with Crippen LogP contribution in [0.25, 0.3) is 16.8 Å². The summed E-state index contributed by atoms with van der Waals surface area (Å²) < 4.78 is 37.7. The SMILES string of the molecule is COc1ccc(N2c3n(c(=O)c(-c4ccccc4)c(S)[n+]3-c3ccc(OC)cc3)[C@@H]3[C@@H](OC(C)=O)[C@@H]([C@@H](COC(C)=O)OC(C)=O)O[C@@H]32)cc1. The molecule has 50 heavy (non-hydrogen) atoms. The molecule has 5 atom stereocenters. The van der Waals surface area contributed by atoms with Gasteiger partial charge in [-0.1, -0.05) is 30.3 Å². The molecule has 6 rings (SSSR count). The average molecular weight is 703 g/mol. The number of fused-ring (bicyclic) bond motifs is 3. The Kier molecular flexibility index (Phi) is 9.84. The Morgan fingerprint density at radius 3 is 2.04 bits per heavy atom. The van der Waals surface area contributed by atoms with Gasteiger partial charge in [-0.3, -0.25) is 19.2 Å². The minimum atomic E-state index is -1.19. The molecule has 0 radical (unpaired) electrons. The van der Waals surface area contributed by atoms with E-state index < -0.39 is 54.0 Å². The third kappa shape index (κ3) is 6.39. The van der Waals surface area contributed by atoms with E-state index in [0.29, 0.717) is 39.4 Å². The Morgan fingerprint density at radius 2 is 1.48 bits per heavy atom. The third-order valence-corrected chi connectivity index (χ3v) is 8.90. The van der Waals surface area contributed by atoms with Gasteiger partial charge < -0.3 is 28.4 Å². The first-order valence-corrected chi connectivity index (χ1v) is 16.2. The van der Waals surface area contributed by atoms with Crippen molar-refractivity contribution in [2.45, 2.75) is 56.4 Å². The standard InChI is InChI=1S/C36H35N3O10S/c1-20(40)46-19-28(47-21(2)41)31-32(48-22(3)42)30-34(49-31)37(24-11-15-26(44-4)16-12-24)36-38(25-13-17-27(45-5)18-14-25)35(50)29(33(43)39(30)36)23-9-7-6-8-10-23/h6-18,28,30-32,34H,19H2,1-5H3/p+1/t28-,30-,31-,32-,34+/m1/s1. The number of thiol groups is 1. The number of carbonyl (C=O) groups is 3. The molecule has 0 saturated carbocycles. The first kappa shape index (κ1) is 34.5. The summed E-state index contributed by atoms with van der Waals surface area (Å²) in [6.45, 7) is 3.29. The molecule has 2 aliphatic rings. The highest BCUT2D eigenvalue weighted by atomic mass is 32.1. The third-order valence-electron chi connectivity index (χ3n) is 8.48. The number of carbonyl (C=O) groups excluding carboxylic acids is 3. The first-order valence-electron chi connectivity index (χ1n) is 15.7. The fourth-order valence-corrected chi connectivity index (χ4v) is 6.89. The summed E-state index contributed by atoms with van der Waals surface area (Å²) in [5, 5.41) is 0.337. The molecule has 4 aromatic rings. The van der Waals surface area contributed by atoms with E-state index in [1.54, 1.807) is 55.5 Å². The second-order valence-electron chi connectivity index (χ2n) is 11.6. The zero-order valence-electron chi connectivity index (χ0n) is 28.0. The number of rotatable bonds is 10. The van der Waals surface area contributed by atoms with Crippen LogP contribution in [0.3, 0.4) is 0 Å². The lowest BCUT2D eigenvalue weighted by Gasteiger charge is -2.28. The highest BCUT2D eigenvalue weighted by molar-refractivity contribution is 7.80. The van der Waals surface area contributed by atoms with Gasteiger partial charge in [-0.2, -0.15) is 9.13 Å². The average Bonchev–Trinajstić information content (AvgIpc) is 3.61. The van der Waals surface area contributed by atoms with Gasteiger partial charge in [0.2, 0.25) is 6.23 Å². The van der Waals surface area contributed by atoms with Crippen molar-refractivity contribution in [1.82, 2.24) is 4.57 Å². The van der Waals surface area contributed by atoms with Crippen LogP contribution in [0.2, 0.25) is 0 Å². The lowest BCUT2D eigenvalue weighted by molar-refractivity contribution is -0.625. The molecule has 1 saturated heterocycles. The molecule has 3 aromatic carbocycles. The highest BCUT2D eigenvalue weighted by Gasteiger charge is 2.64. The lowest BCUT2D eigenvalue weighted by atomic mass is 10.0. The Balaban J connectivity index is 1.67. The Morgan fingerprint density at radius 1 is 0.860 bits per heavy atom. The van der Waals surface area contributed by atoms with Crippen LogP contribution >= 0.6 is 12.6 Å². The summed E-state index contributed by atoms with van der Waals surface area (Å²) in [5.41, 5.74) is 1.69. The topological polar surface area (TPSA) is 136 Å². The van der Waals surface area contributed by atoms with Crippen molar-refractivity contribution in [2.24, 2.45) is 0 Å². The summed E-state index contributed by atoms with van der Waals surface area (Å²) in [7, 11) is 3.12. The van der Waals surface area contributed by atoms with Crippen molar-refractivity contribution in [2.75, 3.05) is 25.7 Å². The van der Waals surface area contributed by atoms with Gasteiger partial charge in [0.1, 0.15) is 41.1 Å². The van der Waals surface area contributed by atoms with Crippen LogP contribution in [0.1, 0.15) is 26.8 Å². The quantitative estimate of drug-likeness (QED) is 0.0847. The molecular weight excluding hydrogens is 666 g/mol. The second kappa shape index (κ2) is 14.3. The Bertz CT molecular complexity index is 1970. The van der Waals surface area contributed by atoms with Gasteiger partial charge in [0, 0.05) is 20.8 Å².